The first-order valence-corrected chi connectivity index (χ1v) is 12.3. The number of aryl methyl sites for hydroxylation is 2. The van der Waals surface area contributed by atoms with Crippen molar-refractivity contribution < 1.29 is 14.3 Å². The Morgan fingerprint density at radius 2 is 1.89 bits per heavy atom. The topological polar surface area (TPSA) is 94.1 Å². The van der Waals surface area contributed by atoms with E-state index < -0.39 is 17.2 Å². The molecule has 1 aliphatic heterocycles. The smallest absolute Gasteiger partial charge is 0.310 e. The Morgan fingerprint density at radius 1 is 1.20 bits per heavy atom. The van der Waals surface area contributed by atoms with E-state index >= 15 is 4.39 Å². The monoisotopic (exact) mass is 519 g/mol. The first-order valence-electron chi connectivity index (χ1n) is 11.5. The molecule has 0 amide bonds. The van der Waals surface area contributed by atoms with E-state index in [1.54, 1.807) is 13.0 Å². The zero-order valence-electron chi connectivity index (χ0n) is 19.7. The number of nitrogens with one attached hydrogen (secondary N) is 2. The van der Waals surface area contributed by atoms with Gasteiger partial charge in [0.2, 0.25) is 0 Å². The van der Waals surface area contributed by atoms with Crippen LogP contribution in [0.3, 0.4) is 0 Å². The third-order valence-corrected chi connectivity index (χ3v) is 7.39. The quantitative estimate of drug-likeness (QED) is 0.360. The van der Waals surface area contributed by atoms with Crippen LogP contribution in [-0.4, -0.2) is 50.8 Å². The van der Waals surface area contributed by atoms with Crippen molar-refractivity contribution in [3.05, 3.63) is 68.7 Å². The second-order valence-corrected chi connectivity index (χ2v) is 10.0. The average Bonchev–Trinajstić information content (AvgIpc) is 3.22. The minimum absolute atomic E-state index is 0.0221. The number of hydrogen-bond donors (Lipinski definition) is 3. The van der Waals surface area contributed by atoms with Gasteiger partial charge in [-0.25, -0.2) is 9.37 Å². The van der Waals surface area contributed by atoms with Crippen LogP contribution in [0.25, 0.3) is 0 Å². The van der Waals surface area contributed by atoms with E-state index in [-0.39, 0.29) is 12.1 Å². The molecule has 0 radical (unpaired) electrons. The Bertz CT molecular complexity index is 1200. The number of likely N-dealkylation sites (tertiary alicyclic amines) is 1. The van der Waals surface area contributed by atoms with Crippen LogP contribution < -0.4 is 5.32 Å². The van der Waals surface area contributed by atoms with Crippen LogP contribution in [0.2, 0.25) is 10.0 Å². The number of nitrogens with zero attached hydrogens (tertiary/aromatic N) is 3. The van der Waals surface area contributed by atoms with Gasteiger partial charge in [0.25, 0.3) is 0 Å². The summed E-state index contributed by atoms with van der Waals surface area (Å²) in [5.74, 6) is -0.400. The lowest BCUT2D eigenvalue weighted by molar-refractivity contribution is -0.152. The number of aliphatic carboxylic acids is 1. The van der Waals surface area contributed by atoms with Gasteiger partial charge in [0.1, 0.15) is 11.6 Å². The number of carbonyl (C=O) groups is 1. The molecule has 0 spiro atoms. The van der Waals surface area contributed by atoms with E-state index in [0.29, 0.717) is 66.1 Å². The van der Waals surface area contributed by atoms with Gasteiger partial charge in [-0.05, 0) is 75.5 Å². The Balaban J connectivity index is 1.46. The maximum atomic E-state index is 15.0. The van der Waals surface area contributed by atoms with Crippen molar-refractivity contribution in [2.75, 3.05) is 25.0 Å². The van der Waals surface area contributed by atoms with Gasteiger partial charge in [-0.3, -0.25) is 9.89 Å². The van der Waals surface area contributed by atoms with E-state index in [2.05, 4.69) is 25.4 Å². The van der Waals surface area contributed by atoms with E-state index in [0.717, 1.165) is 11.3 Å². The van der Waals surface area contributed by atoms with Gasteiger partial charge < -0.3 is 15.3 Å². The number of pyridine rings is 1. The molecule has 3 heterocycles. The number of hydrogen-bond acceptors (Lipinski definition) is 5. The second kappa shape index (κ2) is 10.5. The van der Waals surface area contributed by atoms with E-state index in [1.807, 2.05) is 31.2 Å². The van der Waals surface area contributed by atoms with Crippen molar-refractivity contribution in [3.63, 3.8) is 0 Å². The summed E-state index contributed by atoms with van der Waals surface area (Å²) in [5, 5.41) is 21.4. The van der Waals surface area contributed by atoms with Gasteiger partial charge in [0.05, 0.1) is 11.1 Å². The standard InChI is InChI=1S/C25H28Cl2FN5O2/c1-15-12-21(30-22-13-16(2)31-32-22)29-20(23(15)28)14-25(24(34)35)7-10-33(11-8-25)9-6-17-18(26)4-3-5-19(17)27/h3-5,12-13H,6-11,14H2,1-2H3,(H,34,35)(H2,29,30,31,32). The summed E-state index contributed by atoms with van der Waals surface area (Å²) < 4.78 is 15.0. The van der Waals surface area contributed by atoms with Crippen molar-refractivity contribution in [2.24, 2.45) is 5.41 Å². The predicted octanol–water partition coefficient (Wildman–Crippen LogP) is 5.56. The highest BCUT2D eigenvalue weighted by atomic mass is 35.5. The number of benzene rings is 1. The maximum absolute atomic E-state index is 15.0. The molecule has 1 aromatic carbocycles. The molecule has 186 valence electrons. The van der Waals surface area contributed by atoms with Gasteiger partial charge in [-0.15, -0.1) is 0 Å². The molecule has 35 heavy (non-hydrogen) atoms. The van der Waals surface area contributed by atoms with Crippen molar-refractivity contribution in [3.8, 4) is 0 Å². The zero-order chi connectivity index (χ0) is 25.2. The summed E-state index contributed by atoms with van der Waals surface area (Å²) in [6, 6.07) is 8.84. The van der Waals surface area contributed by atoms with Gasteiger partial charge in [0, 0.05) is 34.8 Å². The third kappa shape index (κ3) is 5.77. The molecule has 4 rings (SSSR count). The van der Waals surface area contributed by atoms with Gasteiger partial charge in [0.15, 0.2) is 5.82 Å². The minimum atomic E-state index is -1.08. The van der Waals surface area contributed by atoms with E-state index in [4.69, 9.17) is 23.2 Å². The fourth-order valence-corrected chi connectivity index (χ4v) is 5.14. The van der Waals surface area contributed by atoms with Crippen LogP contribution in [0.4, 0.5) is 16.0 Å². The molecule has 10 heteroatoms. The largest absolute Gasteiger partial charge is 0.481 e. The number of carboxylic acids is 1. The molecular weight excluding hydrogens is 492 g/mol. The SMILES string of the molecule is Cc1cc(Nc2cc(C)c(F)c(CC3(C(=O)O)CCN(CCc4c(Cl)cccc4Cl)CC3)n2)n[nH]1. The lowest BCUT2D eigenvalue weighted by atomic mass is 9.74. The zero-order valence-corrected chi connectivity index (χ0v) is 21.2. The molecule has 1 fully saturated rings. The number of halogens is 3. The van der Waals surface area contributed by atoms with Crippen LogP contribution >= 0.6 is 23.2 Å². The van der Waals surface area contributed by atoms with Crippen molar-refractivity contribution in [2.45, 2.75) is 39.5 Å². The van der Waals surface area contributed by atoms with Crippen LogP contribution in [0.5, 0.6) is 0 Å². The average molecular weight is 520 g/mol. The molecular formula is C25H28Cl2FN5O2. The molecule has 0 bridgehead atoms. The number of carboxylic acid groups (broad SMARTS) is 1. The fourth-order valence-electron chi connectivity index (χ4n) is 4.55. The number of aromatic nitrogens is 3. The van der Waals surface area contributed by atoms with Crippen LogP contribution in [0, 0.1) is 25.1 Å². The Kier molecular flexibility index (Phi) is 7.64. The van der Waals surface area contributed by atoms with Gasteiger partial charge in [-0.2, -0.15) is 5.10 Å². The summed E-state index contributed by atoms with van der Waals surface area (Å²) in [5.41, 5.74) is 1.24. The van der Waals surface area contributed by atoms with Crippen molar-refractivity contribution in [1.82, 2.24) is 20.1 Å². The Hall–Kier alpha value is -2.68. The molecule has 0 unspecified atom stereocenters. The summed E-state index contributed by atoms with van der Waals surface area (Å²) >= 11 is 12.6. The molecule has 0 atom stereocenters. The summed E-state index contributed by atoms with van der Waals surface area (Å²) in [6.45, 7) is 5.41. The molecule has 3 N–H and O–H groups in total. The van der Waals surface area contributed by atoms with Gasteiger partial charge >= 0.3 is 5.97 Å². The lowest BCUT2D eigenvalue weighted by Gasteiger charge is -2.39. The summed E-state index contributed by atoms with van der Waals surface area (Å²) in [7, 11) is 0. The normalized spacial score (nSPS) is 15.8. The van der Waals surface area contributed by atoms with Crippen molar-refractivity contribution in [1.29, 1.82) is 0 Å². The predicted molar refractivity (Wildman–Crippen MR) is 135 cm³/mol. The van der Waals surface area contributed by atoms with Crippen LogP contribution in [0.1, 0.15) is 35.4 Å². The molecule has 1 saturated heterocycles. The fraction of sp³-hybridized carbons (Fsp3) is 0.400. The molecule has 3 aromatic rings. The van der Waals surface area contributed by atoms with Crippen LogP contribution in [-0.2, 0) is 17.6 Å². The van der Waals surface area contributed by atoms with Crippen molar-refractivity contribution >= 4 is 40.8 Å². The summed E-state index contributed by atoms with van der Waals surface area (Å²) in [6.07, 6.45) is 1.49. The molecule has 0 saturated carbocycles. The number of piperidine rings is 1. The molecule has 2 aromatic heterocycles. The highest BCUT2D eigenvalue weighted by molar-refractivity contribution is 6.35. The first kappa shape index (κ1) is 25.4. The molecule has 1 aliphatic rings. The minimum Gasteiger partial charge on any atom is -0.481 e. The molecule has 7 nitrogen and oxygen atoms in total. The molecule has 0 aliphatic carbocycles. The number of anilines is 2. The Morgan fingerprint density at radius 3 is 2.49 bits per heavy atom. The summed E-state index contributed by atoms with van der Waals surface area (Å²) in [4.78, 5) is 19.0. The van der Waals surface area contributed by atoms with E-state index in [1.165, 1.54) is 0 Å². The number of aromatic amines is 1. The van der Waals surface area contributed by atoms with E-state index in [9.17, 15) is 9.90 Å². The number of H-pyrrole nitrogens is 1. The Labute approximate surface area is 213 Å². The highest BCUT2D eigenvalue weighted by Gasteiger charge is 2.42. The second-order valence-electron chi connectivity index (χ2n) is 9.20. The lowest BCUT2D eigenvalue weighted by Crippen LogP contribution is -2.46. The highest BCUT2D eigenvalue weighted by Crippen LogP contribution is 2.37. The first-order chi connectivity index (χ1) is 16.7. The van der Waals surface area contributed by atoms with Gasteiger partial charge in [-0.1, -0.05) is 29.3 Å². The van der Waals surface area contributed by atoms with Crippen LogP contribution in [0.15, 0.2) is 30.3 Å². The maximum Gasteiger partial charge on any atom is 0.310 e. The third-order valence-electron chi connectivity index (χ3n) is 6.68. The number of rotatable bonds is 8.